The molecule has 3 aromatic rings. The predicted molar refractivity (Wildman–Crippen MR) is 72.4 cm³/mol. The zero-order valence-electron chi connectivity index (χ0n) is 10.9. The summed E-state index contributed by atoms with van der Waals surface area (Å²) in [6, 6.07) is 5.68. The molecule has 0 fully saturated rings. The Balaban J connectivity index is 1.78. The summed E-state index contributed by atoms with van der Waals surface area (Å²) in [7, 11) is 0. The number of fused-ring (bicyclic) bond motifs is 1. The number of carbonyl (C=O) groups is 1. The van der Waals surface area contributed by atoms with Crippen molar-refractivity contribution in [2.45, 2.75) is 13.0 Å². The fraction of sp³-hybridized carbons (Fsp3) is 0.143. The number of Topliss-reactive ketones (excluding diaryl/α,β-unsaturated/α-hetero) is 1. The molecule has 2 aromatic heterocycles. The van der Waals surface area contributed by atoms with Crippen LogP contribution in [0.5, 0.6) is 0 Å². The van der Waals surface area contributed by atoms with Crippen molar-refractivity contribution in [2.24, 2.45) is 0 Å². The largest absolute Gasteiger partial charge is 0.350 e. The highest BCUT2D eigenvalue weighted by atomic mass is 19.1. The highest BCUT2D eigenvalue weighted by Crippen LogP contribution is 2.04. The van der Waals surface area contributed by atoms with E-state index in [9.17, 15) is 14.0 Å². The SMILES string of the molecule is O=C(Cc1ccc(F)cc1)Cn1nc2cnccn2c1=O. The summed E-state index contributed by atoms with van der Waals surface area (Å²) in [6.45, 7) is -0.127. The van der Waals surface area contributed by atoms with E-state index in [2.05, 4.69) is 10.1 Å². The lowest BCUT2D eigenvalue weighted by Crippen LogP contribution is -2.25. The Kier molecular flexibility index (Phi) is 3.31. The summed E-state index contributed by atoms with van der Waals surface area (Å²) in [5.74, 6) is -0.532. The number of rotatable bonds is 4. The van der Waals surface area contributed by atoms with Gasteiger partial charge in [0.1, 0.15) is 12.4 Å². The van der Waals surface area contributed by atoms with Gasteiger partial charge < -0.3 is 0 Å². The quantitative estimate of drug-likeness (QED) is 0.712. The van der Waals surface area contributed by atoms with Crippen molar-refractivity contribution in [3.05, 3.63) is 64.7 Å². The van der Waals surface area contributed by atoms with Gasteiger partial charge in [-0.05, 0) is 17.7 Å². The summed E-state index contributed by atoms with van der Waals surface area (Å²) < 4.78 is 15.2. The molecule has 0 aliphatic heterocycles. The molecule has 0 aliphatic carbocycles. The molecule has 0 amide bonds. The van der Waals surface area contributed by atoms with Crippen LogP contribution in [-0.4, -0.2) is 24.9 Å². The fourth-order valence-corrected chi connectivity index (χ4v) is 2.04. The molecule has 3 rings (SSSR count). The topological polar surface area (TPSA) is 69.3 Å². The van der Waals surface area contributed by atoms with Gasteiger partial charge in [-0.1, -0.05) is 12.1 Å². The monoisotopic (exact) mass is 286 g/mol. The van der Waals surface area contributed by atoms with Crippen LogP contribution in [0, 0.1) is 5.82 Å². The van der Waals surface area contributed by atoms with Crippen molar-refractivity contribution in [2.75, 3.05) is 0 Å². The van der Waals surface area contributed by atoms with E-state index in [0.29, 0.717) is 11.2 Å². The Morgan fingerprint density at radius 2 is 2.00 bits per heavy atom. The minimum Gasteiger partial charge on any atom is -0.297 e. The molecule has 6 nitrogen and oxygen atoms in total. The molecule has 0 saturated carbocycles. The van der Waals surface area contributed by atoms with E-state index in [1.54, 1.807) is 12.1 Å². The lowest BCUT2D eigenvalue weighted by atomic mass is 10.1. The third-order valence-electron chi connectivity index (χ3n) is 3.03. The second kappa shape index (κ2) is 5.28. The Morgan fingerprint density at radius 1 is 1.24 bits per heavy atom. The van der Waals surface area contributed by atoms with Crippen LogP contribution in [0.15, 0.2) is 47.7 Å². The molecular formula is C14H11FN4O2. The molecular weight excluding hydrogens is 275 g/mol. The fourth-order valence-electron chi connectivity index (χ4n) is 2.04. The van der Waals surface area contributed by atoms with Crippen LogP contribution in [0.3, 0.4) is 0 Å². The van der Waals surface area contributed by atoms with Crippen LogP contribution in [-0.2, 0) is 17.8 Å². The van der Waals surface area contributed by atoms with Crippen LogP contribution >= 0.6 is 0 Å². The molecule has 1 aromatic carbocycles. The van der Waals surface area contributed by atoms with Crippen LogP contribution in [0.4, 0.5) is 4.39 Å². The minimum atomic E-state index is -0.389. The molecule has 0 unspecified atom stereocenters. The molecule has 106 valence electrons. The predicted octanol–water partition coefficient (Wildman–Crippen LogP) is 0.842. The highest BCUT2D eigenvalue weighted by molar-refractivity contribution is 5.80. The summed E-state index contributed by atoms with van der Waals surface area (Å²) in [6.07, 6.45) is 4.54. The first-order valence-electron chi connectivity index (χ1n) is 6.29. The number of carbonyl (C=O) groups excluding carboxylic acids is 1. The first kappa shape index (κ1) is 13.2. The summed E-state index contributed by atoms with van der Waals surface area (Å²) in [5.41, 5.74) is 0.691. The average molecular weight is 286 g/mol. The summed E-state index contributed by atoms with van der Waals surface area (Å²) >= 11 is 0. The van der Waals surface area contributed by atoms with Gasteiger partial charge in [-0.2, -0.15) is 0 Å². The molecule has 0 atom stereocenters. The van der Waals surface area contributed by atoms with E-state index in [-0.39, 0.29) is 30.3 Å². The van der Waals surface area contributed by atoms with E-state index < -0.39 is 0 Å². The second-order valence-electron chi connectivity index (χ2n) is 4.59. The van der Waals surface area contributed by atoms with Crippen LogP contribution < -0.4 is 5.69 Å². The number of aromatic nitrogens is 4. The summed E-state index contributed by atoms with van der Waals surface area (Å²) in [4.78, 5) is 27.8. The number of ketones is 1. The van der Waals surface area contributed by atoms with Crippen molar-refractivity contribution >= 4 is 11.4 Å². The molecule has 7 heteroatoms. The number of halogens is 1. The van der Waals surface area contributed by atoms with Crippen molar-refractivity contribution in [1.29, 1.82) is 0 Å². The molecule has 0 spiro atoms. The van der Waals surface area contributed by atoms with Crippen LogP contribution in [0.1, 0.15) is 5.56 Å². The molecule has 2 heterocycles. The van der Waals surface area contributed by atoms with Gasteiger partial charge >= 0.3 is 5.69 Å². The third-order valence-corrected chi connectivity index (χ3v) is 3.03. The summed E-state index contributed by atoms with van der Waals surface area (Å²) in [5, 5.41) is 4.03. The van der Waals surface area contributed by atoms with Gasteiger partial charge in [-0.3, -0.25) is 9.78 Å². The van der Waals surface area contributed by atoms with Crippen molar-refractivity contribution in [3.63, 3.8) is 0 Å². The van der Waals surface area contributed by atoms with E-state index in [1.807, 2.05) is 0 Å². The van der Waals surface area contributed by atoms with E-state index in [0.717, 1.165) is 4.68 Å². The Bertz CT molecular complexity index is 851. The Labute approximate surface area is 118 Å². The zero-order valence-corrected chi connectivity index (χ0v) is 10.9. The highest BCUT2D eigenvalue weighted by Gasteiger charge is 2.11. The smallest absolute Gasteiger partial charge is 0.297 e. The maximum atomic E-state index is 12.8. The normalized spacial score (nSPS) is 10.9. The number of hydrogen-bond donors (Lipinski definition) is 0. The van der Waals surface area contributed by atoms with Gasteiger partial charge in [-0.25, -0.2) is 18.3 Å². The lowest BCUT2D eigenvalue weighted by Gasteiger charge is -2.00. The minimum absolute atomic E-state index is 0.124. The van der Waals surface area contributed by atoms with Gasteiger partial charge in [0.25, 0.3) is 0 Å². The van der Waals surface area contributed by atoms with Crippen LogP contribution in [0.25, 0.3) is 5.65 Å². The Morgan fingerprint density at radius 3 is 2.71 bits per heavy atom. The third kappa shape index (κ3) is 2.71. The molecule has 0 saturated heterocycles. The molecule has 21 heavy (non-hydrogen) atoms. The van der Waals surface area contributed by atoms with E-state index >= 15 is 0 Å². The van der Waals surface area contributed by atoms with Gasteiger partial charge in [0.2, 0.25) is 0 Å². The lowest BCUT2D eigenvalue weighted by molar-refractivity contribution is -0.119. The Hall–Kier alpha value is -2.83. The standard InChI is InChI=1S/C14H11FN4O2/c15-11-3-1-10(2-4-11)7-12(20)9-19-14(21)18-6-5-16-8-13(18)17-19/h1-6,8H,7,9H2. The van der Waals surface area contributed by atoms with Crippen LogP contribution in [0.2, 0.25) is 0 Å². The van der Waals surface area contributed by atoms with Gasteiger partial charge in [0.05, 0.1) is 6.20 Å². The van der Waals surface area contributed by atoms with E-state index in [4.69, 9.17) is 0 Å². The van der Waals surface area contributed by atoms with Crippen molar-refractivity contribution < 1.29 is 9.18 Å². The maximum Gasteiger partial charge on any atom is 0.350 e. The average Bonchev–Trinajstić information content (AvgIpc) is 2.78. The number of benzene rings is 1. The van der Waals surface area contributed by atoms with Gasteiger partial charge in [-0.15, -0.1) is 5.10 Å². The zero-order chi connectivity index (χ0) is 14.8. The van der Waals surface area contributed by atoms with Crippen molar-refractivity contribution in [3.8, 4) is 0 Å². The first-order chi connectivity index (χ1) is 10.1. The van der Waals surface area contributed by atoms with Gasteiger partial charge in [0, 0.05) is 18.8 Å². The molecule has 0 aliphatic rings. The first-order valence-corrected chi connectivity index (χ1v) is 6.29. The maximum absolute atomic E-state index is 12.8. The van der Waals surface area contributed by atoms with Gasteiger partial charge in [0.15, 0.2) is 11.4 Å². The number of nitrogens with zero attached hydrogens (tertiary/aromatic N) is 4. The molecule has 0 N–H and O–H groups in total. The second-order valence-corrected chi connectivity index (χ2v) is 4.59. The molecule has 0 bridgehead atoms. The molecule has 0 radical (unpaired) electrons. The van der Waals surface area contributed by atoms with Crippen molar-refractivity contribution in [1.82, 2.24) is 19.2 Å². The number of hydrogen-bond acceptors (Lipinski definition) is 4. The van der Waals surface area contributed by atoms with E-state index in [1.165, 1.54) is 35.1 Å².